The standard InChI is InChI=1S/C16H12N2O7S2/c19-12-4-1-10-7-14(27(23,24)25)9-16(15(10)8-12)18-17-11-2-5-13(6-3-11)26(20,21)22/h1-9,19H,(H,20,21,22)(H,23,24,25). The first-order chi connectivity index (χ1) is 12.5. The molecule has 3 aromatic rings. The van der Waals surface area contributed by atoms with Gasteiger partial charge in [-0.15, -0.1) is 5.11 Å². The first-order valence-electron chi connectivity index (χ1n) is 7.27. The molecule has 0 aliphatic heterocycles. The molecule has 11 heteroatoms. The van der Waals surface area contributed by atoms with Crippen molar-refractivity contribution in [3.8, 4) is 5.75 Å². The summed E-state index contributed by atoms with van der Waals surface area (Å²) in [6.07, 6.45) is 0. The van der Waals surface area contributed by atoms with Gasteiger partial charge in [0.2, 0.25) is 0 Å². The lowest BCUT2D eigenvalue weighted by molar-refractivity contribution is 0.476. The largest absolute Gasteiger partial charge is 0.508 e. The molecule has 3 rings (SSSR count). The van der Waals surface area contributed by atoms with Crippen molar-refractivity contribution in [2.24, 2.45) is 10.2 Å². The van der Waals surface area contributed by atoms with E-state index in [4.69, 9.17) is 4.55 Å². The molecule has 0 aromatic heterocycles. The summed E-state index contributed by atoms with van der Waals surface area (Å²) in [6.45, 7) is 0. The molecule has 0 heterocycles. The summed E-state index contributed by atoms with van der Waals surface area (Å²) in [5, 5.41) is 18.3. The first-order valence-corrected chi connectivity index (χ1v) is 10.2. The van der Waals surface area contributed by atoms with Gasteiger partial charge in [-0.25, -0.2) is 0 Å². The highest BCUT2D eigenvalue weighted by Gasteiger charge is 2.14. The summed E-state index contributed by atoms with van der Waals surface area (Å²) in [4.78, 5) is -0.707. The van der Waals surface area contributed by atoms with Crippen LogP contribution < -0.4 is 0 Å². The molecule has 9 nitrogen and oxygen atoms in total. The lowest BCUT2D eigenvalue weighted by Gasteiger charge is -2.05. The monoisotopic (exact) mass is 408 g/mol. The molecular formula is C16H12N2O7S2. The molecule has 0 aliphatic carbocycles. The van der Waals surface area contributed by atoms with Crippen molar-refractivity contribution in [2.45, 2.75) is 9.79 Å². The summed E-state index contributed by atoms with van der Waals surface area (Å²) in [7, 11) is -8.83. The molecule has 140 valence electrons. The third-order valence-electron chi connectivity index (χ3n) is 3.60. The number of nitrogens with zero attached hydrogens (tertiary/aromatic N) is 2. The Morgan fingerprint density at radius 1 is 0.704 bits per heavy atom. The number of fused-ring (bicyclic) bond motifs is 1. The Morgan fingerprint density at radius 3 is 1.93 bits per heavy atom. The summed E-state index contributed by atoms with van der Waals surface area (Å²) in [5.74, 6) is -0.0731. The average molecular weight is 408 g/mol. The zero-order valence-electron chi connectivity index (χ0n) is 13.4. The fraction of sp³-hybridized carbons (Fsp3) is 0. The Kier molecular flexibility index (Phi) is 4.70. The van der Waals surface area contributed by atoms with Crippen LogP contribution in [0.15, 0.2) is 74.6 Å². The Bertz CT molecular complexity index is 1270. The van der Waals surface area contributed by atoms with Gasteiger partial charge in [0.1, 0.15) is 5.75 Å². The van der Waals surface area contributed by atoms with Gasteiger partial charge in [0.15, 0.2) is 0 Å². The van der Waals surface area contributed by atoms with Crippen LogP contribution in [-0.4, -0.2) is 31.0 Å². The predicted octanol–water partition coefficient (Wildman–Crippen LogP) is 3.45. The number of hydrogen-bond donors (Lipinski definition) is 3. The van der Waals surface area contributed by atoms with E-state index in [-0.39, 0.29) is 22.0 Å². The molecule has 0 unspecified atom stereocenters. The van der Waals surface area contributed by atoms with Crippen molar-refractivity contribution in [3.63, 3.8) is 0 Å². The smallest absolute Gasteiger partial charge is 0.294 e. The highest BCUT2D eigenvalue weighted by Crippen LogP contribution is 2.33. The summed E-state index contributed by atoms with van der Waals surface area (Å²) < 4.78 is 63.2. The number of azo groups is 1. The van der Waals surface area contributed by atoms with Gasteiger partial charge >= 0.3 is 0 Å². The number of aromatic hydroxyl groups is 1. The fourth-order valence-electron chi connectivity index (χ4n) is 2.33. The zero-order valence-corrected chi connectivity index (χ0v) is 15.0. The zero-order chi connectivity index (χ0) is 19.8. The molecule has 0 bridgehead atoms. The Labute approximate surface area is 154 Å². The lowest BCUT2D eigenvalue weighted by atomic mass is 10.1. The van der Waals surface area contributed by atoms with E-state index < -0.39 is 25.1 Å². The first kappa shape index (κ1) is 18.9. The van der Waals surface area contributed by atoms with E-state index in [1.165, 1.54) is 36.4 Å². The Morgan fingerprint density at radius 2 is 1.33 bits per heavy atom. The minimum absolute atomic E-state index is 0.0647. The number of hydrogen-bond acceptors (Lipinski definition) is 7. The van der Waals surface area contributed by atoms with E-state index in [2.05, 4.69) is 10.2 Å². The number of benzene rings is 3. The van der Waals surface area contributed by atoms with Crippen molar-refractivity contribution < 1.29 is 31.0 Å². The SMILES string of the molecule is O=S(=O)(O)c1ccc(N=Nc2cc(S(=O)(=O)O)cc3ccc(O)cc23)cc1. The lowest BCUT2D eigenvalue weighted by Crippen LogP contribution is -1.97. The summed E-state index contributed by atoms with van der Waals surface area (Å²) >= 11 is 0. The van der Waals surface area contributed by atoms with Gasteiger partial charge < -0.3 is 5.11 Å². The maximum atomic E-state index is 11.5. The van der Waals surface area contributed by atoms with Gasteiger partial charge in [0.25, 0.3) is 20.2 Å². The van der Waals surface area contributed by atoms with Gasteiger partial charge in [-0.05, 0) is 53.9 Å². The second-order valence-electron chi connectivity index (χ2n) is 5.49. The molecule has 0 atom stereocenters. The van der Waals surface area contributed by atoms with Crippen LogP contribution in [-0.2, 0) is 20.2 Å². The van der Waals surface area contributed by atoms with E-state index in [9.17, 15) is 26.5 Å². The van der Waals surface area contributed by atoms with E-state index in [1.807, 2.05) is 0 Å². The van der Waals surface area contributed by atoms with Crippen LogP contribution in [0.3, 0.4) is 0 Å². The maximum Gasteiger partial charge on any atom is 0.294 e. The molecular weight excluding hydrogens is 396 g/mol. The average Bonchev–Trinajstić information content (AvgIpc) is 2.58. The second-order valence-corrected chi connectivity index (χ2v) is 8.33. The van der Waals surface area contributed by atoms with Crippen LogP contribution in [0.2, 0.25) is 0 Å². The predicted molar refractivity (Wildman–Crippen MR) is 95.9 cm³/mol. The van der Waals surface area contributed by atoms with E-state index in [1.54, 1.807) is 0 Å². The van der Waals surface area contributed by atoms with Crippen LogP contribution in [0.1, 0.15) is 0 Å². The third-order valence-corrected chi connectivity index (χ3v) is 5.29. The van der Waals surface area contributed by atoms with Gasteiger partial charge in [-0.1, -0.05) is 6.07 Å². The molecule has 27 heavy (non-hydrogen) atoms. The Hall–Kier alpha value is -2.86. The molecule has 0 amide bonds. The number of phenols is 1. The molecule has 3 N–H and O–H groups in total. The van der Waals surface area contributed by atoms with Gasteiger partial charge in [0.05, 0.1) is 21.2 Å². The van der Waals surface area contributed by atoms with Gasteiger partial charge in [0, 0.05) is 5.39 Å². The third kappa shape index (κ3) is 4.28. The van der Waals surface area contributed by atoms with Crippen LogP contribution in [0.4, 0.5) is 11.4 Å². The van der Waals surface area contributed by atoms with Crippen molar-refractivity contribution >= 4 is 42.4 Å². The molecule has 0 saturated carbocycles. The van der Waals surface area contributed by atoms with Crippen molar-refractivity contribution in [1.29, 1.82) is 0 Å². The Balaban J connectivity index is 2.10. The van der Waals surface area contributed by atoms with Crippen LogP contribution in [0.5, 0.6) is 5.75 Å². The molecule has 0 aliphatic rings. The van der Waals surface area contributed by atoms with Crippen molar-refractivity contribution in [1.82, 2.24) is 0 Å². The van der Waals surface area contributed by atoms with E-state index in [0.717, 1.165) is 18.2 Å². The highest BCUT2D eigenvalue weighted by atomic mass is 32.2. The summed E-state index contributed by atoms with van der Waals surface area (Å²) in [5.41, 5.74) is 0.294. The number of phenolic OH excluding ortho intramolecular Hbond substituents is 1. The fourth-order valence-corrected chi connectivity index (χ4v) is 3.34. The van der Waals surface area contributed by atoms with Crippen LogP contribution in [0.25, 0.3) is 10.8 Å². The van der Waals surface area contributed by atoms with E-state index in [0.29, 0.717) is 10.8 Å². The topological polar surface area (TPSA) is 154 Å². The second kappa shape index (κ2) is 6.70. The molecule has 0 radical (unpaired) electrons. The number of rotatable bonds is 4. The van der Waals surface area contributed by atoms with E-state index >= 15 is 0 Å². The highest BCUT2D eigenvalue weighted by molar-refractivity contribution is 7.86. The molecule has 0 spiro atoms. The minimum atomic E-state index is -4.49. The molecule has 3 aromatic carbocycles. The normalized spacial score (nSPS) is 12.7. The maximum absolute atomic E-state index is 11.5. The van der Waals surface area contributed by atoms with Crippen LogP contribution in [0, 0.1) is 0 Å². The van der Waals surface area contributed by atoms with Crippen LogP contribution >= 0.6 is 0 Å². The van der Waals surface area contributed by atoms with Gasteiger partial charge in [-0.2, -0.15) is 21.9 Å². The van der Waals surface area contributed by atoms with Crippen molar-refractivity contribution in [2.75, 3.05) is 0 Å². The van der Waals surface area contributed by atoms with Crippen molar-refractivity contribution in [3.05, 3.63) is 54.6 Å². The quantitative estimate of drug-likeness (QED) is 0.441. The summed E-state index contributed by atoms with van der Waals surface area (Å²) in [6, 6.07) is 11.3. The molecule has 0 fully saturated rings. The minimum Gasteiger partial charge on any atom is -0.508 e. The van der Waals surface area contributed by atoms with Gasteiger partial charge in [-0.3, -0.25) is 9.11 Å². The molecule has 0 saturated heterocycles.